The van der Waals surface area contributed by atoms with E-state index in [1.807, 2.05) is 6.07 Å². The fraction of sp³-hybridized carbons (Fsp3) is 0.733. The third-order valence-electron chi connectivity index (χ3n) is 4.48. The van der Waals surface area contributed by atoms with Gasteiger partial charge in [0.2, 0.25) is 0 Å². The second-order valence-corrected chi connectivity index (χ2v) is 10.1. The van der Waals surface area contributed by atoms with Crippen LogP contribution in [0.5, 0.6) is 0 Å². The Labute approximate surface area is 132 Å². The minimum atomic E-state index is -3.36. The van der Waals surface area contributed by atoms with Gasteiger partial charge in [-0.1, -0.05) is 13.8 Å². The summed E-state index contributed by atoms with van der Waals surface area (Å²) in [5, 5.41) is 0. The Kier molecular flexibility index (Phi) is 5.13. The minimum absolute atomic E-state index is 0.128. The van der Waals surface area contributed by atoms with Crippen molar-refractivity contribution in [3.63, 3.8) is 0 Å². The molecule has 1 aliphatic rings. The Hall–Kier alpha value is -0.430. The minimum Gasteiger partial charge on any atom is -0.330 e. The van der Waals surface area contributed by atoms with E-state index >= 15 is 0 Å². The van der Waals surface area contributed by atoms with Crippen molar-refractivity contribution in [1.29, 1.82) is 0 Å². The van der Waals surface area contributed by atoms with Crippen molar-refractivity contribution in [2.24, 2.45) is 11.1 Å². The lowest BCUT2D eigenvalue weighted by atomic mass is 9.76. The number of rotatable bonds is 5. The van der Waals surface area contributed by atoms with Gasteiger partial charge in [-0.3, -0.25) is 0 Å². The first-order valence-corrected chi connectivity index (χ1v) is 9.79. The van der Waals surface area contributed by atoms with Crippen LogP contribution >= 0.6 is 11.3 Å². The van der Waals surface area contributed by atoms with Crippen molar-refractivity contribution >= 4 is 21.4 Å². The zero-order chi connectivity index (χ0) is 15.7. The molecule has 120 valence electrons. The Morgan fingerprint density at radius 3 is 2.52 bits per heavy atom. The highest BCUT2D eigenvalue weighted by atomic mass is 32.2. The van der Waals surface area contributed by atoms with Gasteiger partial charge in [0.15, 0.2) is 0 Å². The van der Waals surface area contributed by atoms with Crippen molar-refractivity contribution in [3.8, 4) is 0 Å². The van der Waals surface area contributed by atoms with E-state index in [1.54, 1.807) is 17.4 Å². The van der Waals surface area contributed by atoms with Crippen LogP contribution in [0.4, 0.5) is 0 Å². The average molecular weight is 331 g/mol. The summed E-state index contributed by atoms with van der Waals surface area (Å²) in [6.07, 6.45) is 4.80. The van der Waals surface area contributed by atoms with E-state index in [0.29, 0.717) is 16.2 Å². The second kappa shape index (κ2) is 6.36. The van der Waals surface area contributed by atoms with E-state index in [2.05, 4.69) is 13.8 Å². The number of nitrogens with two attached hydrogens (primary N) is 1. The van der Waals surface area contributed by atoms with Gasteiger partial charge in [-0.25, -0.2) is 8.42 Å². The van der Waals surface area contributed by atoms with E-state index in [-0.39, 0.29) is 6.04 Å². The molecular formula is C15H26N2O2S2. The van der Waals surface area contributed by atoms with Gasteiger partial charge >= 0.3 is 0 Å². The third-order valence-corrected chi connectivity index (χ3v) is 8.01. The molecule has 2 N–H and O–H groups in total. The van der Waals surface area contributed by atoms with Crippen LogP contribution < -0.4 is 5.73 Å². The molecule has 1 aromatic heterocycles. The van der Waals surface area contributed by atoms with Crippen LogP contribution in [-0.2, 0) is 16.4 Å². The molecule has 4 nitrogen and oxygen atoms in total. The summed E-state index contributed by atoms with van der Waals surface area (Å²) in [5.41, 5.74) is 5.87. The summed E-state index contributed by atoms with van der Waals surface area (Å²) in [5.74, 6) is 0. The molecular weight excluding hydrogens is 304 g/mol. The summed E-state index contributed by atoms with van der Waals surface area (Å²) in [4.78, 5) is 1.04. The first-order chi connectivity index (χ1) is 9.76. The summed E-state index contributed by atoms with van der Waals surface area (Å²) in [7, 11) is -1.64. The van der Waals surface area contributed by atoms with E-state index in [9.17, 15) is 8.42 Å². The molecule has 1 aliphatic carbocycles. The molecule has 21 heavy (non-hydrogen) atoms. The Balaban J connectivity index is 2.11. The standard InChI is InChI=1S/C15H26N2O2S2/c1-15(2)9-6-12(7-10-15)17(3)21(18,19)14-5-4-13(20-14)8-11-16/h4-5,12H,6-11,16H2,1-3H3. The summed E-state index contributed by atoms with van der Waals surface area (Å²) >= 11 is 1.35. The molecule has 1 saturated carbocycles. The lowest BCUT2D eigenvalue weighted by Gasteiger charge is -2.37. The maximum absolute atomic E-state index is 12.7. The molecule has 0 radical (unpaired) electrons. The Morgan fingerprint density at radius 1 is 1.33 bits per heavy atom. The topological polar surface area (TPSA) is 63.4 Å². The lowest BCUT2D eigenvalue weighted by molar-refractivity contribution is 0.174. The highest BCUT2D eigenvalue weighted by molar-refractivity contribution is 7.91. The van der Waals surface area contributed by atoms with Gasteiger partial charge in [0.25, 0.3) is 10.0 Å². The molecule has 0 spiro atoms. The Morgan fingerprint density at radius 2 is 1.95 bits per heavy atom. The quantitative estimate of drug-likeness (QED) is 0.903. The number of hydrogen-bond acceptors (Lipinski definition) is 4. The Bertz CT molecular complexity index is 568. The summed E-state index contributed by atoms with van der Waals surface area (Å²) < 4.78 is 27.5. The van der Waals surface area contributed by atoms with Crippen LogP contribution in [0.25, 0.3) is 0 Å². The highest BCUT2D eigenvalue weighted by Gasteiger charge is 2.34. The second-order valence-electron chi connectivity index (χ2n) is 6.68. The molecule has 0 aliphatic heterocycles. The van der Waals surface area contributed by atoms with E-state index in [4.69, 9.17) is 5.73 Å². The normalized spacial score (nSPS) is 20.0. The number of thiophene rings is 1. The smallest absolute Gasteiger partial charge is 0.252 e. The molecule has 1 fully saturated rings. The largest absolute Gasteiger partial charge is 0.330 e. The molecule has 1 heterocycles. The van der Waals surface area contributed by atoms with Gasteiger partial charge in [0, 0.05) is 18.0 Å². The number of sulfonamides is 1. The first-order valence-electron chi connectivity index (χ1n) is 7.53. The van der Waals surface area contributed by atoms with E-state index in [1.165, 1.54) is 11.3 Å². The van der Waals surface area contributed by atoms with Crippen molar-refractivity contribution < 1.29 is 8.42 Å². The first kappa shape index (κ1) is 16.9. The van der Waals surface area contributed by atoms with Crippen molar-refractivity contribution in [3.05, 3.63) is 17.0 Å². The average Bonchev–Trinajstić information content (AvgIpc) is 2.88. The predicted molar refractivity (Wildman–Crippen MR) is 88.1 cm³/mol. The zero-order valence-corrected chi connectivity index (χ0v) is 14.8. The van der Waals surface area contributed by atoms with E-state index < -0.39 is 10.0 Å². The molecule has 0 amide bonds. The van der Waals surface area contributed by atoms with Crippen LogP contribution in [-0.4, -0.2) is 32.4 Å². The van der Waals surface area contributed by atoms with Gasteiger partial charge in [-0.05, 0) is 56.2 Å². The monoisotopic (exact) mass is 330 g/mol. The molecule has 0 atom stereocenters. The molecule has 0 unspecified atom stereocenters. The van der Waals surface area contributed by atoms with Gasteiger partial charge in [0.05, 0.1) is 0 Å². The predicted octanol–water partition coefficient (Wildman–Crippen LogP) is 2.84. The van der Waals surface area contributed by atoms with Crippen LogP contribution in [0.1, 0.15) is 44.4 Å². The molecule has 0 aromatic carbocycles. The van der Waals surface area contributed by atoms with Crippen LogP contribution in [0.3, 0.4) is 0 Å². The molecule has 2 rings (SSSR count). The SMILES string of the molecule is CN(C1CCC(C)(C)CC1)S(=O)(=O)c1ccc(CCN)s1. The lowest BCUT2D eigenvalue weighted by Crippen LogP contribution is -2.40. The highest BCUT2D eigenvalue weighted by Crippen LogP contribution is 2.38. The van der Waals surface area contributed by atoms with Crippen molar-refractivity contribution in [1.82, 2.24) is 4.31 Å². The van der Waals surface area contributed by atoms with Crippen LogP contribution in [0.2, 0.25) is 0 Å². The maximum atomic E-state index is 12.7. The fourth-order valence-electron chi connectivity index (χ4n) is 2.86. The zero-order valence-electron chi connectivity index (χ0n) is 13.1. The molecule has 1 aromatic rings. The molecule has 0 saturated heterocycles. The molecule has 6 heteroatoms. The van der Waals surface area contributed by atoms with Crippen molar-refractivity contribution in [2.75, 3.05) is 13.6 Å². The van der Waals surface area contributed by atoms with E-state index in [0.717, 1.165) is 37.0 Å². The van der Waals surface area contributed by atoms with Gasteiger partial charge in [-0.2, -0.15) is 4.31 Å². The number of nitrogens with zero attached hydrogens (tertiary/aromatic N) is 1. The van der Waals surface area contributed by atoms with Gasteiger partial charge in [0.1, 0.15) is 4.21 Å². The van der Waals surface area contributed by atoms with Crippen LogP contribution in [0.15, 0.2) is 16.3 Å². The van der Waals surface area contributed by atoms with Crippen molar-refractivity contribution in [2.45, 2.75) is 56.2 Å². The fourth-order valence-corrected chi connectivity index (χ4v) is 5.83. The summed E-state index contributed by atoms with van der Waals surface area (Å²) in [6.45, 7) is 5.07. The van der Waals surface area contributed by atoms with Gasteiger partial charge in [-0.15, -0.1) is 11.3 Å². The maximum Gasteiger partial charge on any atom is 0.252 e. The van der Waals surface area contributed by atoms with Crippen LogP contribution in [0, 0.1) is 5.41 Å². The molecule has 0 bridgehead atoms. The summed E-state index contributed by atoms with van der Waals surface area (Å²) in [6, 6.07) is 3.72. The number of hydrogen-bond donors (Lipinski definition) is 1. The third kappa shape index (κ3) is 3.86. The van der Waals surface area contributed by atoms with Gasteiger partial charge < -0.3 is 5.73 Å².